The molecule has 3 N–H and O–H groups in total. The normalized spacial score (nSPS) is 17.1. The lowest BCUT2D eigenvalue weighted by Gasteiger charge is -2.28. The van der Waals surface area contributed by atoms with Crippen molar-refractivity contribution in [2.45, 2.75) is 77.8 Å². The minimum atomic E-state index is -0.175. The number of fused-ring (bicyclic) bond motifs is 1. The second-order valence-corrected chi connectivity index (χ2v) is 11.7. The first-order valence-electron chi connectivity index (χ1n) is 14.5. The van der Waals surface area contributed by atoms with E-state index in [2.05, 4.69) is 10.6 Å². The van der Waals surface area contributed by atoms with Gasteiger partial charge < -0.3 is 25.2 Å². The lowest BCUT2D eigenvalue weighted by molar-refractivity contribution is -0.126. The molecule has 0 radical (unpaired) electrons. The summed E-state index contributed by atoms with van der Waals surface area (Å²) in [6, 6.07) is 11.7. The van der Waals surface area contributed by atoms with Crippen LogP contribution in [0.25, 0.3) is 10.2 Å². The van der Waals surface area contributed by atoms with Gasteiger partial charge in [-0.25, -0.2) is 0 Å². The van der Waals surface area contributed by atoms with Crippen molar-refractivity contribution >= 4 is 45.0 Å². The molecule has 9 heteroatoms. The number of carbonyl (C=O) groups is 3. The van der Waals surface area contributed by atoms with E-state index in [1.54, 1.807) is 16.2 Å². The second kappa shape index (κ2) is 14.5. The van der Waals surface area contributed by atoms with E-state index in [4.69, 9.17) is 5.11 Å². The summed E-state index contributed by atoms with van der Waals surface area (Å²) in [4.78, 5) is 41.2. The summed E-state index contributed by atoms with van der Waals surface area (Å²) in [5.74, 6) is -0.149. The number of rotatable bonds is 13. The van der Waals surface area contributed by atoms with Gasteiger partial charge in [0.1, 0.15) is 12.2 Å². The van der Waals surface area contributed by atoms with Crippen molar-refractivity contribution in [3.05, 3.63) is 53.0 Å². The van der Waals surface area contributed by atoms with Crippen LogP contribution in [0, 0.1) is 12.8 Å². The van der Waals surface area contributed by atoms with Gasteiger partial charge in [0, 0.05) is 37.3 Å². The third kappa shape index (κ3) is 7.52. The first kappa shape index (κ1) is 29.8. The van der Waals surface area contributed by atoms with E-state index in [0.29, 0.717) is 18.8 Å². The van der Waals surface area contributed by atoms with Crippen LogP contribution >= 0.6 is 11.3 Å². The van der Waals surface area contributed by atoms with Gasteiger partial charge in [0.05, 0.1) is 10.2 Å². The molecule has 2 aromatic heterocycles. The third-order valence-electron chi connectivity index (χ3n) is 7.80. The molecule has 0 saturated heterocycles. The van der Waals surface area contributed by atoms with Gasteiger partial charge in [-0.15, -0.1) is 11.3 Å². The van der Waals surface area contributed by atoms with Gasteiger partial charge >= 0.3 is 0 Å². The molecule has 1 fully saturated rings. The van der Waals surface area contributed by atoms with Crippen molar-refractivity contribution in [3.63, 3.8) is 0 Å². The standard InChI is InChI=1S/C31H42N4O4S/c1-3-34(25-10-8-9-22(2)19-25)29(37)21-35-26-15-18-40-28(26)20-27(35)31(39)33-24-13-11-23(12-14-24)30(38)32-16-6-4-5-7-17-36/h8-10,15,18-20,23-24,36H,3-7,11-14,16-17,21H2,1-2H3,(H,32,38)(H,33,39)/t23-,24-. The highest BCUT2D eigenvalue weighted by molar-refractivity contribution is 7.17. The second-order valence-electron chi connectivity index (χ2n) is 10.7. The van der Waals surface area contributed by atoms with Crippen molar-refractivity contribution in [1.29, 1.82) is 0 Å². The number of nitrogens with one attached hydrogen (secondary N) is 2. The summed E-state index contributed by atoms with van der Waals surface area (Å²) in [7, 11) is 0. The Morgan fingerprint density at radius 2 is 1.82 bits per heavy atom. The van der Waals surface area contributed by atoms with Crippen molar-refractivity contribution in [2.24, 2.45) is 5.92 Å². The predicted octanol–water partition coefficient (Wildman–Crippen LogP) is 5.02. The predicted molar refractivity (Wildman–Crippen MR) is 161 cm³/mol. The van der Waals surface area contributed by atoms with Crippen LogP contribution in [0.4, 0.5) is 5.69 Å². The van der Waals surface area contributed by atoms with Crippen molar-refractivity contribution in [1.82, 2.24) is 15.2 Å². The average Bonchev–Trinajstić information content (AvgIpc) is 3.54. The Kier molecular flexibility index (Phi) is 10.8. The van der Waals surface area contributed by atoms with Crippen LogP contribution in [-0.2, 0) is 16.1 Å². The van der Waals surface area contributed by atoms with Gasteiger partial charge in [0.15, 0.2) is 0 Å². The number of anilines is 1. The molecule has 0 spiro atoms. The monoisotopic (exact) mass is 566 g/mol. The number of thiophene rings is 1. The minimum Gasteiger partial charge on any atom is -0.396 e. The van der Waals surface area contributed by atoms with Gasteiger partial charge in [-0.2, -0.15) is 0 Å². The van der Waals surface area contributed by atoms with Crippen molar-refractivity contribution in [3.8, 4) is 0 Å². The minimum absolute atomic E-state index is 0.00607. The zero-order valence-electron chi connectivity index (χ0n) is 23.7. The Balaban J connectivity index is 1.34. The molecule has 0 atom stereocenters. The summed E-state index contributed by atoms with van der Waals surface area (Å²) in [6.07, 6.45) is 6.74. The third-order valence-corrected chi connectivity index (χ3v) is 8.65. The molecule has 1 aromatic carbocycles. The molecule has 1 aliphatic rings. The highest BCUT2D eigenvalue weighted by Crippen LogP contribution is 2.28. The number of benzene rings is 1. The fourth-order valence-electron chi connectivity index (χ4n) is 5.56. The number of aliphatic hydroxyl groups is 1. The van der Waals surface area contributed by atoms with Gasteiger partial charge in [-0.1, -0.05) is 25.0 Å². The van der Waals surface area contributed by atoms with Gasteiger partial charge in [0.25, 0.3) is 5.91 Å². The number of aryl methyl sites for hydroxylation is 1. The SMILES string of the molecule is CCN(C(=O)Cn1c(C(=O)N[C@H]2CC[C@H](C(=O)NCCCCCCO)CC2)cc2sccc21)c1cccc(C)c1. The maximum atomic E-state index is 13.5. The summed E-state index contributed by atoms with van der Waals surface area (Å²) < 4.78 is 2.81. The molecular formula is C31H42N4O4S. The van der Waals surface area contributed by atoms with Gasteiger partial charge in [0.2, 0.25) is 11.8 Å². The quantitative estimate of drug-likeness (QED) is 0.253. The Hall–Kier alpha value is -3.17. The largest absolute Gasteiger partial charge is 0.396 e. The molecule has 2 heterocycles. The number of hydrogen-bond donors (Lipinski definition) is 3. The first-order valence-corrected chi connectivity index (χ1v) is 15.4. The zero-order valence-corrected chi connectivity index (χ0v) is 24.5. The topological polar surface area (TPSA) is 104 Å². The van der Waals surface area contributed by atoms with Crippen LogP contribution in [0.3, 0.4) is 0 Å². The molecule has 1 saturated carbocycles. The van der Waals surface area contributed by atoms with E-state index in [1.165, 1.54) is 0 Å². The van der Waals surface area contributed by atoms with E-state index >= 15 is 0 Å². The van der Waals surface area contributed by atoms with E-state index in [-0.39, 0.29) is 42.8 Å². The lowest BCUT2D eigenvalue weighted by Crippen LogP contribution is -2.42. The highest BCUT2D eigenvalue weighted by atomic mass is 32.1. The molecule has 3 aromatic rings. The van der Waals surface area contributed by atoms with E-state index < -0.39 is 0 Å². The van der Waals surface area contributed by atoms with E-state index in [1.807, 2.05) is 60.2 Å². The molecule has 1 aliphatic carbocycles. The number of unbranched alkanes of at least 4 members (excludes halogenated alkanes) is 3. The first-order chi connectivity index (χ1) is 19.4. The molecular weight excluding hydrogens is 524 g/mol. The Labute approximate surface area is 240 Å². The van der Waals surface area contributed by atoms with Crippen LogP contribution in [0.1, 0.15) is 74.3 Å². The number of aliphatic hydroxyl groups excluding tert-OH is 1. The molecule has 216 valence electrons. The highest BCUT2D eigenvalue weighted by Gasteiger charge is 2.28. The fourth-order valence-corrected chi connectivity index (χ4v) is 6.38. The maximum absolute atomic E-state index is 13.5. The maximum Gasteiger partial charge on any atom is 0.268 e. The zero-order chi connectivity index (χ0) is 28.5. The Morgan fingerprint density at radius 1 is 1.05 bits per heavy atom. The summed E-state index contributed by atoms with van der Waals surface area (Å²) in [5, 5.41) is 17.1. The Bertz CT molecular complexity index is 1290. The molecule has 4 rings (SSSR count). The average molecular weight is 567 g/mol. The summed E-state index contributed by atoms with van der Waals surface area (Å²) >= 11 is 1.56. The van der Waals surface area contributed by atoms with Crippen LogP contribution in [0.5, 0.6) is 0 Å². The Morgan fingerprint density at radius 3 is 2.55 bits per heavy atom. The summed E-state index contributed by atoms with van der Waals surface area (Å²) in [5.41, 5.74) is 3.33. The molecule has 0 unspecified atom stereocenters. The van der Waals surface area contributed by atoms with E-state index in [9.17, 15) is 14.4 Å². The molecule has 3 amide bonds. The number of amides is 3. The van der Waals surface area contributed by atoms with Crippen LogP contribution in [0.15, 0.2) is 41.8 Å². The molecule has 8 nitrogen and oxygen atoms in total. The number of aromatic nitrogens is 1. The van der Waals surface area contributed by atoms with Gasteiger partial charge in [-0.05, 0) is 87.6 Å². The number of hydrogen-bond acceptors (Lipinski definition) is 5. The molecule has 0 bridgehead atoms. The number of nitrogens with zero attached hydrogens (tertiary/aromatic N) is 2. The lowest BCUT2D eigenvalue weighted by atomic mass is 9.85. The van der Waals surface area contributed by atoms with Crippen molar-refractivity contribution in [2.75, 3.05) is 24.6 Å². The summed E-state index contributed by atoms with van der Waals surface area (Å²) in [6.45, 7) is 5.48. The van der Waals surface area contributed by atoms with Crippen molar-refractivity contribution < 1.29 is 19.5 Å². The fraction of sp³-hybridized carbons (Fsp3) is 0.516. The van der Waals surface area contributed by atoms with Gasteiger partial charge in [-0.3, -0.25) is 14.4 Å². The van der Waals surface area contributed by atoms with Crippen LogP contribution in [0.2, 0.25) is 0 Å². The number of likely N-dealkylation sites (N-methyl/N-ethyl adjacent to an activating group) is 1. The van der Waals surface area contributed by atoms with Crippen LogP contribution in [-0.4, -0.2) is 53.1 Å². The van der Waals surface area contributed by atoms with E-state index in [0.717, 1.165) is 72.8 Å². The number of carbonyl (C=O) groups excluding carboxylic acids is 3. The molecule has 0 aliphatic heterocycles. The smallest absolute Gasteiger partial charge is 0.268 e. The molecule has 40 heavy (non-hydrogen) atoms. The van der Waals surface area contributed by atoms with Crippen LogP contribution < -0.4 is 15.5 Å².